The number of rotatable bonds is 5. The van der Waals surface area contributed by atoms with Crippen LogP contribution in [0.25, 0.3) is 0 Å². The van der Waals surface area contributed by atoms with Gasteiger partial charge >= 0.3 is 0 Å². The molecule has 6 heteroatoms. The summed E-state index contributed by atoms with van der Waals surface area (Å²) in [6.45, 7) is 4.93. The van der Waals surface area contributed by atoms with E-state index in [2.05, 4.69) is 5.16 Å². The molecule has 2 heterocycles. The second kappa shape index (κ2) is 7.36. The van der Waals surface area contributed by atoms with Gasteiger partial charge < -0.3 is 14.3 Å². The Morgan fingerprint density at radius 1 is 1.25 bits per heavy atom. The van der Waals surface area contributed by atoms with E-state index in [-0.39, 0.29) is 18.4 Å². The van der Waals surface area contributed by atoms with Crippen LogP contribution in [0.3, 0.4) is 0 Å². The summed E-state index contributed by atoms with van der Waals surface area (Å²) >= 11 is 0. The Morgan fingerprint density at radius 3 is 2.71 bits per heavy atom. The topological polar surface area (TPSA) is 66.7 Å². The third kappa shape index (κ3) is 3.47. The summed E-state index contributed by atoms with van der Waals surface area (Å²) < 4.78 is 5.46. The van der Waals surface area contributed by atoms with E-state index < -0.39 is 6.04 Å². The van der Waals surface area contributed by atoms with Gasteiger partial charge in [-0.3, -0.25) is 9.59 Å². The fraction of sp³-hybridized carbons (Fsp3) is 0.722. The van der Waals surface area contributed by atoms with E-state index in [9.17, 15) is 9.59 Å². The molecule has 1 aromatic heterocycles. The minimum atomic E-state index is -0.443. The zero-order chi connectivity index (χ0) is 17.1. The minimum Gasteiger partial charge on any atom is -0.359 e. The molecule has 0 aromatic carbocycles. The molecule has 0 bridgehead atoms. The zero-order valence-electron chi connectivity index (χ0n) is 14.7. The maximum Gasteiger partial charge on any atom is 0.245 e. The van der Waals surface area contributed by atoms with Crippen LogP contribution in [0.1, 0.15) is 69.7 Å². The van der Waals surface area contributed by atoms with Gasteiger partial charge in [-0.05, 0) is 26.2 Å². The number of carbonyl (C=O) groups is 2. The number of carbonyl (C=O) groups excluding carboxylic acids is 2. The summed E-state index contributed by atoms with van der Waals surface area (Å²) in [5, 5.41) is 4.21. The standard InChI is InChI=1S/C18H27N3O3/c1-3-9-20-12-17(22)21(13(2)18(20)23)11-15-10-16(19-24-15)14-7-5-4-6-8-14/h10,13-14H,3-9,11-12H2,1-2H3/t13-/m0/s1. The highest BCUT2D eigenvalue weighted by Crippen LogP contribution is 2.32. The highest BCUT2D eigenvalue weighted by Gasteiger charge is 2.36. The lowest BCUT2D eigenvalue weighted by Crippen LogP contribution is -2.58. The van der Waals surface area contributed by atoms with E-state index in [4.69, 9.17) is 4.52 Å². The van der Waals surface area contributed by atoms with Gasteiger partial charge in [0.1, 0.15) is 6.04 Å². The van der Waals surface area contributed by atoms with Crippen molar-refractivity contribution in [1.29, 1.82) is 0 Å². The molecule has 24 heavy (non-hydrogen) atoms. The molecule has 2 amide bonds. The van der Waals surface area contributed by atoms with Crippen molar-refractivity contribution in [3.63, 3.8) is 0 Å². The first-order valence-corrected chi connectivity index (χ1v) is 9.14. The molecule has 3 rings (SSSR count). The molecule has 132 valence electrons. The van der Waals surface area contributed by atoms with Crippen LogP contribution in [0, 0.1) is 0 Å². The van der Waals surface area contributed by atoms with Crippen LogP contribution in [-0.2, 0) is 16.1 Å². The smallest absolute Gasteiger partial charge is 0.245 e. The Labute approximate surface area is 143 Å². The van der Waals surface area contributed by atoms with E-state index in [1.54, 1.807) is 16.7 Å². The normalized spacial score (nSPS) is 23.2. The van der Waals surface area contributed by atoms with Gasteiger partial charge in [-0.2, -0.15) is 0 Å². The molecule has 0 N–H and O–H groups in total. The number of hydrogen-bond donors (Lipinski definition) is 0. The molecule has 1 aromatic rings. The second-order valence-electron chi connectivity index (χ2n) is 7.01. The summed E-state index contributed by atoms with van der Waals surface area (Å²) in [6, 6.07) is 1.53. The van der Waals surface area contributed by atoms with Gasteiger partial charge in [-0.15, -0.1) is 0 Å². The quantitative estimate of drug-likeness (QED) is 0.831. The van der Waals surface area contributed by atoms with Gasteiger partial charge in [0.2, 0.25) is 11.8 Å². The lowest BCUT2D eigenvalue weighted by atomic mass is 9.87. The first kappa shape index (κ1) is 17.0. The zero-order valence-corrected chi connectivity index (χ0v) is 14.7. The maximum absolute atomic E-state index is 12.4. The number of piperazine rings is 1. The summed E-state index contributed by atoms with van der Waals surface area (Å²) in [4.78, 5) is 28.1. The molecular weight excluding hydrogens is 306 g/mol. The minimum absolute atomic E-state index is 0.0171. The van der Waals surface area contributed by atoms with E-state index >= 15 is 0 Å². The lowest BCUT2D eigenvalue weighted by Gasteiger charge is -2.38. The van der Waals surface area contributed by atoms with Gasteiger partial charge in [0, 0.05) is 18.5 Å². The summed E-state index contributed by atoms with van der Waals surface area (Å²) in [6.07, 6.45) is 6.98. The first-order valence-electron chi connectivity index (χ1n) is 9.14. The van der Waals surface area contributed by atoms with Crippen molar-refractivity contribution < 1.29 is 14.1 Å². The monoisotopic (exact) mass is 333 g/mol. The van der Waals surface area contributed by atoms with Crippen LogP contribution < -0.4 is 0 Å². The van der Waals surface area contributed by atoms with Crippen molar-refractivity contribution in [1.82, 2.24) is 15.0 Å². The summed E-state index contributed by atoms with van der Waals surface area (Å²) in [5.74, 6) is 1.15. The largest absolute Gasteiger partial charge is 0.359 e. The molecule has 1 atom stereocenters. The number of aromatic nitrogens is 1. The third-order valence-electron chi connectivity index (χ3n) is 5.20. The fourth-order valence-electron chi connectivity index (χ4n) is 3.79. The predicted octanol–water partition coefficient (Wildman–Crippen LogP) is 2.69. The SMILES string of the molecule is CCCN1CC(=O)N(Cc2cc(C3CCCCC3)no2)[C@@H](C)C1=O. The van der Waals surface area contributed by atoms with Crippen molar-refractivity contribution in [2.45, 2.75) is 70.9 Å². The highest BCUT2D eigenvalue weighted by molar-refractivity contribution is 5.94. The molecular formula is C18H27N3O3. The molecule has 2 aliphatic rings. The van der Waals surface area contributed by atoms with E-state index in [1.165, 1.54) is 19.3 Å². The Bertz CT molecular complexity index is 592. The van der Waals surface area contributed by atoms with Crippen molar-refractivity contribution in [3.05, 3.63) is 17.5 Å². The molecule has 6 nitrogen and oxygen atoms in total. The Morgan fingerprint density at radius 2 is 2.00 bits per heavy atom. The molecule has 1 saturated heterocycles. The van der Waals surface area contributed by atoms with Crippen molar-refractivity contribution in [2.24, 2.45) is 0 Å². The Hall–Kier alpha value is -1.85. The molecule has 1 aliphatic heterocycles. The molecule has 1 aliphatic carbocycles. The van der Waals surface area contributed by atoms with E-state index in [0.717, 1.165) is 25.0 Å². The van der Waals surface area contributed by atoms with Crippen LogP contribution in [0.5, 0.6) is 0 Å². The average molecular weight is 333 g/mol. The Balaban J connectivity index is 1.66. The Kier molecular flexibility index (Phi) is 5.21. The van der Waals surface area contributed by atoms with Gasteiger partial charge in [-0.25, -0.2) is 0 Å². The molecule has 1 saturated carbocycles. The fourth-order valence-corrected chi connectivity index (χ4v) is 3.79. The predicted molar refractivity (Wildman–Crippen MR) is 89.2 cm³/mol. The summed E-state index contributed by atoms with van der Waals surface area (Å²) in [5.41, 5.74) is 1.00. The molecule has 0 spiro atoms. The van der Waals surface area contributed by atoms with Gasteiger partial charge in [0.05, 0.1) is 18.8 Å². The third-order valence-corrected chi connectivity index (χ3v) is 5.20. The van der Waals surface area contributed by atoms with Crippen LogP contribution in [0.15, 0.2) is 10.6 Å². The van der Waals surface area contributed by atoms with Gasteiger partial charge in [0.15, 0.2) is 5.76 Å². The van der Waals surface area contributed by atoms with E-state index in [0.29, 0.717) is 24.8 Å². The van der Waals surface area contributed by atoms with Crippen molar-refractivity contribution in [2.75, 3.05) is 13.1 Å². The molecule has 2 fully saturated rings. The van der Waals surface area contributed by atoms with Crippen LogP contribution in [-0.4, -0.2) is 45.9 Å². The van der Waals surface area contributed by atoms with Crippen LogP contribution >= 0.6 is 0 Å². The average Bonchev–Trinajstić information content (AvgIpc) is 3.06. The highest BCUT2D eigenvalue weighted by atomic mass is 16.5. The second-order valence-corrected chi connectivity index (χ2v) is 7.01. The maximum atomic E-state index is 12.4. The van der Waals surface area contributed by atoms with Crippen LogP contribution in [0.2, 0.25) is 0 Å². The van der Waals surface area contributed by atoms with Crippen molar-refractivity contribution in [3.8, 4) is 0 Å². The lowest BCUT2D eigenvalue weighted by molar-refractivity contribution is -0.156. The number of hydrogen-bond acceptors (Lipinski definition) is 4. The van der Waals surface area contributed by atoms with E-state index in [1.807, 2.05) is 13.0 Å². The molecule has 0 unspecified atom stereocenters. The summed E-state index contributed by atoms with van der Waals surface area (Å²) in [7, 11) is 0. The van der Waals surface area contributed by atoms with Crippen molar-refractivity contribution >= 4 is 11.8 Å². The van der Waals surface area contributed by atoms with Crippen LogP contribution in [0.4, 0.5) is 0 Å². The van der Waals surface area contributed by atoms with Gasteiger partial charge in [0.25, 0.3) is 0 Å². The van der Waals surface area contributed by atoms with Gasteiger partial charge in [-0.1, -0.05) is 31.3 Å². The number of nitrogens with zero attached hydrogens (tertiary/aromatic N) is 3. The number of amides is 2. The first-order chi connectivity index (χ1) is 11.6. The molecule has 0 radical (unpaired) electrons.